The first-order chi connectivity index (χ1) is 17.1. The van der Waals surface area contributed by atoms with Gasteiger partial charge in [-0.3, -0.25) is 4.79 Å². The molecular weight excluding hydrogens is 443 g/mol. The summed E-state index contributed by atoms with van der Waals surface area (Å²) in [7, 11) is 0. The Morgan fingerprint density at radius 1 is 0.943 bits per heavy atom. The van der Waals surface area contributed by atoms with Crippen molar-refractivity contribution in [3.63, 3.8) is 0 Å². The molecule has 5 rings (SSSR count). The molecule has 2 N–H and O–H groups in total. The number of anilines is 1. The first-order valence-corrected chi connectivity index (χ1v) is 12.2. The highest BCUT2D eigenvalue weighted by atomic mass is 19.1. The number of nitrogens with zero attached hydrogens (tertiary/aromatic N) is 1. The average molecular weight is 475 g/mol. The maximum absolute atomic E-state index is 14.9. The number of rotatable bonds is 9. The third-order valence-electron chi connectivity index (χ3n) is 7.38. The normalized spacial score (nSPS) is 16.2. The summed E-state index contributed by atoms with van der Waals surface area (Å²) in [5.41, 5.74) is 11.5. The highest BCUT2D eigenvalue weighted by Gasteiger charge is 2.44. The summed E-state index contributed by atoms with van der Waals surface area (Å²) < 4.78 is 26.0. The number of hydrogen-bond donors (Lipinski definition) is 1. The second kappa shape index (κ2) is 10.1. The Bertz CT molecular complexity index is 1200. The van der Waals surface area contributed by atoms with Crippen molar-refractivity contribution < 1.29 is 18.7 Å². The standard InChI is InChI=1S/C29H31FN2O3/c30-27-6-5-21(17-31)15-26(27)24-13-22(18-35-28-4-2-1-3-23(28)19-34-20-33)14-25(16-24)32-11-9-29(7-8-29)10-12-32/h1-6,13-16,20H,7-12,17-19,31H2. The van der Waals surface area contributed by atoms with Crippen molar-refractivity contribution in [2.24, 2.45) is 11.1 Å². The van der Waals surface area contributed by atoms with Crippen LogP contribution in [-0.4, -0.2) is 19.6 Å². The zero-order chi connectivity index (χ0) is 24.3. The average Bonchev–Trinajstić information content (AvgIpc) is 3.65. The van der Waals surface area contributed by atoms with Gasteiger partial charge >= 0.3 is 0 Å². The van der Waals surface area contributed by atoms with Crippen molar-refractivity contribution in [2.75, 3.05) is 18.0 Å². The van der Waals surface area contributed by atoms with E-state index >= 15 is 0 Å². The first kappa shape index (κ1) is 23.4. The maximum Gasteiger partial charge on any atom is 0.293 e. The predicted octanol–water partition coefficient (Wildman–Crippen LogP) is 5.58. The largest absolute Gasteiger partial charge is 0.488 e. The molecule has 3 aromatic rings. The van der Waals surface area contributed by atoms with E-state index in [1.54, 1.807) is 6.07 Å². The van der Waals surface area contributed by atoms with Gasteiger partial charge in [-0.1, -0.05) is 24.3 Å². The summed E-state index contributed by atoms with van der Waals surface area (Å²) in [5.74, 6) is 0.393. The molecule has 0 unspecified atom stereocenters. The molecule has 1 spiro atoms. The monoisotopic (exact) mass is 474 g/mol. The lowest BCUT2D eigenvalue weighted by Crippen LogP contribution is -2.34. The molecule has 0 bridgehead atoms. The van der Waals surface area contributed by atoms with Gasteiger partial charge in [0, 0.05) is 36.4 Å². The Labute approximate surface area is 205 Å². The van der Waals surface area contributed by atoms with Crippen LogP contribution in [0.5, 0.6) is 5.75 Å². The highest BCUT2D eigenvalue weighted by Crippen LogP contribution is 2.54. The Hall–Kier alpha value is -3.38. The van der Waals surface area contributed by atoms with Crippen LogP contribution in [0.3, 0.4) is 0 Å². The second-order valence-corrected chi connectivity index (χ2v) is 9.70. The lowest BCUT2D eigenvalue weighted by atomic mass is 9.92. The van der Waals surface area contributed by atoms with Gasteiger partial charge in [0.2, 0.25) is 0 Å². The lowest BCUT2D eigenvalue weighted by Gasteiger charge is -2.34. The maximum atomic E-state index is 14.9. The van der Waals surface area contributed by atoms with E-state index in [1.807, 2.05) is 36.4 Å². The van der Waals surface area contributed by atoms with Crippen molar-refractivity contribution in [2.45, 2.75) is 45.4 Å². The van der Waals surface area contributed by atoms with Crippen molar-refractivity contribution in [1.82, 2.24) is 0 Å². The minimum atomic E-state index is -0.266. The van der Waals surface area contributed by atoms with Crippen LogP contribution in [0.25, 0.3) is 11.1 Å². The van der Waals surface area contributed by atoms with Crippen LogP contribution in [0.2, 0.25) is 0 Å². The van der Waals surface area contributed by atoms with Gasteiger partial charge in [-0.05, 0) is 84.2 Å². The minimum absolute atomic E-state index is 0.150. The van der Waals surface area contributed by atoms with Crippen LogP contribution in [0.4, 0.5) is 10.1 Å². The first-order valence-electron chi connectivity index (χ1n) is 12.2. The molecule has 0 radical (unpaired) electrons. The zero-order valence-corrected chi connectivity index (χ0v) is 19.8. The molecule has 1 saturated heterocycles. The minimum Gasteiger partial charge on any atom is -0.488 e. The van der Waals surface area contributed by atoms with E-state index in [0.717, 1.165) is 41.0 Å². The van der Waals surface area contributed by atoms with Crippen LogP contribution < -0.4 is 15.4 Å². The molecule has 0 aromatic heterocycles. The van der Waals surface area contributed by atoms with Gasteiger partial charge in [-0.2, -0.15) is 0 Å². The molecule has 2 fully saturated rings. The van der Waals surface area contributed by atoms with Gasteiger partial charge in [0.1, 0.15) is 24.8 Å². The van der Waals surface area contributed by atoms with Crippen molar-refractivity contribution in [3.05, 3.63) is 83.2 Å². The third kappa shape index (κ3) is 5.33. The number of hydrogen-bond acceptors (Lipinski definition) is 5. The number of piperidine rings is 1. The van der Waals surface area contributed by atoms with Crippen molar-refractivity contribution >= 4 is 12.2 Å². The Morgan fingerprint density at radius 3 is 2.49 bits per heavy atom. The molecule has 0 atom stereocenters. The number of halogens is 1. The van der Waals surface area contributed by atoms with E-state index in [-0.39, 0.29) is 12.4 Å². The fourth-order valence-electron chi connectivity index (χ4n) is 4.98. The van der Waals surface area contributed by atoms with E-state index in [0.29, 0.717) is 36.4 Å². The topological polar surface area (TPSA) is 64.8 Å². The van der Waals surface area contributed by atoms with E-state index < -0.39 is 0 Å². The van der Waals surface area contributed by atoms with Crippen molar-refractivity contribution in [1.29, 1.82) is 0 Å². The number of benzene rings is 3. The summed E-state index contributed by atoms with van der Waals surface area (Å²) in [4.78, 5) is 13.0. The van der Waals surface area contributed by atoms with Crippen molar-refractivity contribution in [3.8, 4) is 16.9 Å². The summed E-state index contributed by atoms with van der Waals surface area (Å²) in [6.07, 6.45) is 5.13. The van der Waals surface area contributed by atoms with Crippen LogP contribution in [0.15, 0.2) is 60.7 Å². The number of carbonyl (C=O) groups excluding carboxylic acids is 1. The van der Waals surface area contributed by atoms with Gasteiger partial charge in [0.25, 0.3) is 6.47 Å². The lowest BCUT2D eigenvalue weighted by molar-refractivity contribution is -0.129. The molecule has 0 amide bonds. The molecule has 1 heterocycles. The molecular formula is C29H31FN2O3. The Balaban J connectivity index is 1.45. The fourth-order valence-corrected chi connectivity index (χ4v) is 4.98. The summed E-state index contributed by atoms with van der Waals surface area (Å²) in [5, 5.41) is 0. The summed E-state index contributed by atoms with van der Waals surface area (Å²) >= 11 is 0. The predicted molar refractivity (Wildman–Crippen MR) is 134 cm³/mol. The fraction of sp³-hybridized carbons (Fsp3) is 0.345. The number of carbonyl (C=O) groups is 1. The van der Waals surface area contributed by atoms with Gasteiger partial charge < -0.3 is 20.1 Å². The molecule has 1 saturated carbocycles. The Morgan fingerprint density at radius 2 is 1.74 bits per heavy atom. The molecule has 182 valence electrons. The molecule has 35 heavy (non-hydrogen) atoms. The van der Waals surface area contributed by atoms with Crippen LogP contribution in [-0.2, 0) is 29.3 Å². The molecule has 3 aromatic carbocycles. The van der Waals surface area contributed by atoms with E-state index in [4.69, 9.17) is 15.2 Å². The highest BCUT2D eigenvalue weighted by molar-refractivity contribution is 5.71. The van der Waals surface area contributed by atoms with Crippen LogP contribution >= 0.6 is 0 Å². The molecule has 6 heteroatoms. The van der Waals surface area contributed by atoms with Gasteiger partial charge in [0.05, 0.1) is 0 Å². The molecule has 2 aliphatic rings. The van der Waals surface area contributed by atoms with Crippen LogP contribution in [0.1, 0.15) is 42.4 Å². The summed E-state index contributed by atoms with van der Waals surface area (Å²) in [6, 6.07) is 18.8. The SMILES string of the molecule is NCc1ccc(F)c(-c2cc(COc3ccccc3COC=O)cc(N3CCC4(CC3)CC4)c2)c1. The van der Waals surface area contributed by atoms with Gasteiger partial charge in [-0.25, -0.2) is 4.39 Å². The van der Waals surface area contributed by atoms with E-state index in [1.165, 1.54) is 31.7 Å². The summed E-state index contributed by atoms with van der Waals surface area (Å²) in [6.45, 7) is 3.28. The number of para-hydroxylation sites is 1. The zero-order valence-electron chi connectivity index (χ0n) is 19.8. The smallest absolute Gasteiger partial charge is 0.293 e. The second-order valence-electron chi connectivity index (χ2n) is 9.70. The van der Waals surface area contributed by atoms with Crippen LogP contribution in [0, 0.1) is 11.2 Å². The quantitative estimate of drug-likeness (QED) is 0.410. The molecule has 1 aliphatic heterocycles. The van der Waals surface area contributed by atoms with E-state index in [2.05, 4.69) is 17.0 Å². The number of ether oxygens (including phenoxy) is 2. The van der Waals surface area contributed by atoms with E-state index in [9.17, 15) is 9.18 Å². The molecule has 1 aliphatic carbocycles. The molecule has 5 nitrogen and oxygen atoms in total. The number of nitrogens with two attached hydrogens (primary N) is 1. The third-order valence-corrected chi connectivity index (χ3v) is 7.38. The van der Waals surface area contributed by atoms with Gasteiger partial charge in [0.15, 0.2) is 0 Å². The Kier molecular flexibility index (Phi) is 6.73. The van der Waals surface area contributed by atoms with Gasteiger partial charge in [-0.15, -0.1) is 0 Å².